The van der Waals surface area contributed by atoms with Crippen LogP contribution in [0.5, 0.6) is 0 Å². The minimum Gasteiger partial charge on any atom is -0.465 e. The Morgan fingerprint density at radius 1 is 0.967 bits per heavy atom. The zero-order chi connectivity index (χ0) is 21.4. The predicted octanol–water partition coefficient (Wildman–Crippen LogP) is 4.09. The first kappa shape index (κ1) is 19.7. The molecule has 0 saturated heterocycles. The quantitative estimate of drug-likeness (QED) is 0.295. The zero-order valence-corrected chi connectivity index (χ0v) is 17.9. The van der Waals surface area contributed by atoms with E-state index in [1.165, 1.54) is 7.11 Å². The molecule has 0 amide bonds. The maximum absolute atomic E-state index is 11.8. The van der Waals surface area contributed by atoms with Gasteiger partial charge in [-0.05, 0) is 35.9 Å². The second kappa shape index (κ2) is 7.67. The average Bonchev–Trinajstić information content (AvgIpc) is 2.76. The first-order valence-corrected chi connectivity index (χ1v) is 9.76. The number of hydrogen-bond acceptors (Lipinski definition) is 4. The number of anilines is 1. The van der Waals surface area contributed by atoms with E-state index in [1.807, 2.05) is 40.3 Å². The summed E-state index contributed by atoms with van der Waals surface area (Å²) in [5.41, 5.74) is 5.54. The lowest BCUT2D eigenvalue weighted by atomic mass is 9.93. The van der Waals surface area contributed by atoms with Gasteiger partial charge in [-0.2, -0.15) is 0 Å². The normalized spacial score (nSPS) is 11.0. The summed E-state index contributed by atoms with van der Waals surface area (Å²) >= 11 is 0. The van der Waals surface area contributed by atoms with E-state index in [-0.39, 0.29) is 5.97 Å². The summed E-state index contributed by atoms with van der Waals surface area (Å²) < 4.78 is 13.2. The molecular weight excluding hydrogens is 376 g/mol. The lowest BCUT2D eigenvalue weighted by Crippen LogP contribution is -2.21. The fourth-order valence-corrected chi connectivity index (χ4v) is 3.63. The minimum atomic E-state index is -0.342. The molecular formula is C25H25N2O3+. The summed E-state index contributed by atoms with van der Waals surface area (Å²) in [7, 11) is 9.44. The minimum absolute atomic E-state index is 0.342. The van der Waals surface area contributed by atoms with Crippen LogP contribution in [-0.2, 0) is 4.74 Å². The summed E-state index contributed by atoms with van der Waals surface area (Å²) in [6.07, 6.45) is 0. The Morgan fingerprint density at radius 2 is 1.70 bits per heavy atom. The van der Waals surface area contributed by atoms with Gasteiger partial charge in [0.2, 0.25) is 5.36 Å². The molecule has 152 valence electrons. The van der Waals surface area contributed by atoms with Gasteiger partial charge in [-0.3, -0.25) is 0 Å². The molecule has 0 radical (unpaired) electrons. The summed E-state index contributed by atoms with van der Waals surface area (Å²) in [6.45, 7) is 0. The molecule has 0 atom stereocenters. The molecule has 0 bridgehead atoms. The van der Waals surface area contributed by atoms with Crippen molar-refractivity contribution in [1.29, 1.82) is 0 Å². The van der Waals surface area contributed by atoms with Crippen molar-refractivity contribution in [3.8, 4) is 22.5 Å². The lowest BCUT2D eigenvalue weighted by molar-refractivity contribution is 0.0601. The van der Waals surface area contributed by atoms with Gasteiger partial charge in [0.15, 0.2) is 0 Å². The molecule has 0 spiro atoms. The highest BCUT2D eigenvalue weighted by atomic mass is 16.5. The Hall–Kier alpha value is -3.60. The van der Waals surface area contributed by atoms with Crippen LogP contribution in [0, 0.1) is 0 Å². The molecule has 0 unspecified atom stereocenters. The standard InChI is InChI=1S/C25H25N2O3/c1-26(2)18-10-12-20-22(14-18)30-23-15-19(27(3)4)11-13-21(23)24(20)16-6-8-17(9-7-16)25(28)29-5/h6-15H,1-5H3/q+1. The van der Waals surface area contributed by atoms with Crippen LogP contribution < -0.4 is 14.8 Å². The van der Waals surface area contributed by atoms with Crippen molar-refractivity contribution in [3.63, 3.8) is 0 Å². The van der Waals surface area contributed by atoms with Crippen LogP contribution in [0.1, 0.15) is 10.4 Å². The van der Waals surface area contributed by atoms with Crippen LogP contribution in [0.4, 0.5) is 5.69 Å². The Bertz CT molecular complexity index is 1280. The number of methoxy groups -OCH3 is 1. The maximum atomic E-state index is 11.8. The van der Waals surface area contributed by atoms with E-state index in [0.717, 1.165) is 44.5 Å². The highest BCUT2D eigenvalue weighted by Gasteiger charge is 2.19. The molecule has 0 aromatic heterocycles. The van der Waals surface area contributed by atoms with Gasteiger partial charge in [-0.1, -0.05) is 12.1 Å². The molecule has 0 fully saturated rings. The van der Waals surface area contributed by atoms with Crippen LogP contribution in [-0.4, -0.2) is 41.3 Å². The number of rotatable bonds is 3. The molecule has 0 saturated carbocycles. The van der Waals surface area contributed by atoms with E-state index in [1.54, 1.807) is 12.1 Å². The second-order valence-electron chi connectivity index (χ2n) is 7.70. The largest absolute Gasteiger partial charge is 0.465 e. The van der Waals surface area contributed by atoms with Gasteiger partial charge in [0.1, 0.15) is 25.4 Å². The molecule has 5 nitrogen and oxygen atoms in total. The van der Waals surface area contributed by atoms with E-state index in [2.05, 4.69) is 45.9 Å². The van der Waals surface area contributed by atoms with E-state index >= 15 is 0 Å². The number of nitrogens with zero attached hydrogens (tertiary/aromatic N) is 2. The number of benzene rings is 3. The van der Waals surface area contributed by atoms with Gasteiger partial charge in [0, 0.05) is 48.4 Å². The third kappa shape index (κ3) is 3.43. The van der Waals surface area contributed by atoms with Crippen molar-refractivity contribution < 1.29 is 13.9 Å². The van der Waals surface area contributed by atoms with E-state index in [4.69, 9.17) is 9.15 Å². The van der Waals surface area contributed by atoms with Gasteiger partial charge >= 0.3 is 5.97 Å². The molecule has 5 heteroatoms. The van der Waals surface area contributed by atoms with Crippen molar-refractivity contribution in [3.05, 3.63) is 71.6 Å². The highest BCUT2D eigenvalue weighted by molar-refractivity contribution is 6.03. The van der Waals surface area contributed by atoms with Gasteiger partial charge in [0.25, 0.3) is 0 Å². The summed E-state index contributed by atoms with van der Waals surface area (Å²) in [5.74, 6) is 0.474. The van der Waals surface area contributed by atoms with Crippen molar-refractivity contribution in [2.75, 3.05) is 40.2 Å². The van der Waals surface area contributed by atoms with Gasteiger partial charge < -0.3 is 14.1 Å². The number of ether oxygens (including phenoxy) is 1. The van der Waals surface area contributed by atoms with Crippen LogP contribution in [0.15, 0.2) is 65.1 Å². The van der Waals surface area contributed by atoms with Crippen LogP contribution >= 0.6 is 0 Å². The van der Waals surface area contributed by atoms with Gasteiger partial charge in [0.05, 0.1) is 18.7 Å². The summed E-state index contributed by atoms with van der Waals surface area (Å²) in [4.78, 5) is 13.9. The molecule has 2 aromatic carbocycles. The number of fused-ring (bicyclic) bond motifs is 2. The highest BCUT2D eigenvalue weighted by Crippen LogP contribution is 2.40. The number of carbonyl (C=O) groups excluding carboxylic acids is 1. The molecule has 1 aliphatic heterocycles. The Balaban J connectivity index is 2.04. The van der Waals surface area contributed by atoms with E-state index < -0.39 is 0 Å². The zero-order valence-electron chi connectivity index (χ0n) is 17.9. The first-order chi connectivity index (χ1) is 14.4. The SMILES string of the molecule is COC(=O)c1ccc(-c2c3ccc(=[N+](C)C)cc-3oc3cc(N(C)C)ccc23)cc1. The molecule has 4 rings (SSSR count). The summed E-state index contributed by atoms with van der Waals surface area (Å²) in [5, 5.41) is 2.10. The molecule has 1 heterocycles. The first-order valence-electron chi connectivity index (χ1n) is 9.76. The van der Waals surface area contributed by atoms with Crippen LogP contribution in [0.25, 0.3) is 33.4 Å². The van der Waals surface area contributed by atoms with E-state index in [0.29, 0.717) is 5.56 Å². The number of esters is 1. The number of carbonyl (C=O) groups is 1. The lowest BCUT2D eigenvalue weighted by Gasteiger charge is -2.18. The van der Waals surface area contributed by atoms with Crippen molar-refractivity contribution in [1.82, 2.24) is 4.58 Å². The fourth-order valence-electron chi connectivity index (χ4n) is 3.63. The van der Waals surface area contributed by atoms with Crippen molar-refractivity contribution in [2.45, 2.75) is 0 Å². The molecule has 0 N–H and O–H groups in total. The smallest absolute Gasteiger partial charge is 0.337 e. The monoisotopic (exact) mass is 401 g/mol. The molecule has 1 aliphatic carbocycles. The fraction of sp³-hybridized carbons (Fsp3) is 0.200. The van der Waals surface area contributed by atoms with Gasteiger partial charge in [-0.15, -0.1) is 0 Å². The topological polar surface area (TPSA) is 45.7 Å². The maximum Gasteiger partial charge on any atom is 0.337 e. The van der Waals surface area contributed by atoms with E-state index in [9.17, 15) is 4.79 Å². The second-order valence-corrected chi connectivity index (χ2v) is 7.70. The molecule has 2 aliphatic rings. The van der Waals surface area contributed by atoms with Gasteiger partial charge in [-0.25, -0.2) is 9.37 Å². The Labute approximate surface area is 175 Å². The predicted molar refractivity (Wildman–Crippen MR) is 121 cm³/mol. The van der Waals surface area contributed by atoms with Crippen molar-refractivity contribution >= 4 is 22.6 Å². The Morgan fingerprint density at radius 3 is 2.33 bits per heavy atom. The molecule has 30 heavy (non-hydrogen) atoms. The number of hydrogen-bond donors (Lipinski definition) is 0. The molecule has 2 aromatic rings. The third-order valence-electron chi connectivity index (χ3n) is 5.32. The Kier molecular flexibility index (Phi) is 5.04. The van der Waals surface area contributed by atoms with Crippen LogP contribution in [0.3, 0.4) is 0 Å². The average molecular weight is 401 g/mol. The summed E-state index contributed by atoms with van der Waals surface area (Å²) in [6, 6.07) is 20.0. The van der Waals surface area contributed by atoms with Crippen LogP contribution in [0.2, 0.25) is 0 Å². The van der Waals surface area contributed by atoms with Crippen molar-refractivity contribution in [2.24, 2.45) is 0 Å². The third-order valence-corrected chi connectivity index (χ3v) is 5.32.